The molecular weight excluding hydrogens is 215 g/mol. The largest absolute Gasteiger partial charge is 0.293 e. The number of rotatable bonds is 2. The van der Waals surface area contributed by atoms with Gasteiger partial charge in [0.2, 0.25) is 0 Å². The molecule has 0 spiro atoms. The van der Waals surface area contributed by atoms with Crippen LogP contribution in [0, 0.1) is 5.82 Å². The Morgan fingerprint density at radius 3 is 2.71 bits per heavy atom. The van der Waals surface area contributed by atoms with Gasteiger partial charge in [-0.1, -0.05) is 36.4 Å². The van der Waals surface area contributed by atoms with Crippen molar-refractivity contribution in [2.24, 2.45) is 0 Å². The van der Waals surface area contributed by atoms with Crippen molar-refractivity contribution in [3.8, 4) is 0 Å². The Labute approximate surface area is 98.9 Å². The van der Waals surface area contributed by atoms with E-state index in [0.717, 1.165) is 12.0 Å². The first-order valence-electron chi connectivity index (χ1n) is 5.63. The van der Waals surface area contributed by atoms with Crippen molar-refractivity contribution in [1.29, 1.82) is 0 Å². The van der Waals surface area contributed by atoms with Crippen molar-refractivity contribution in [2.45, 2.75) is 12.3 Å². The number of carbonyl (C=O) groups excluding carboxylic acids is 1. The fourth-order valence-electron chi connectivity index (χ4n) is 2.34. The fraction of sp³-hybridized carbons (Fsp3) is 0.133. The van der Waals surface area contributed by atoms with Gasteiger partial charge in [0, 0.05) is 5.56 Å². The number of ketones is 1. The van der Waals surface area contributed by atoms with Gasteiger partial charge in [0.25, 0.3) is 0 Å². The molecule has 0 saturated carbocycles. The molecule has 3 rings (SSSR count). The van der Waals surface area contributed by atoms with Crippen LogP contribution in [0.3, 0.4) is 0 Å². The maximum absolute atomic E-state index is 13.1. The number of fused-ring (bicyclic) bond motifs is 1. The van der Waals surface area contributed by atoms with Gasteiger partial charge in [0.1, 0.15) is 5.82 Å². The fourth-order valence-corrected chi connectivity index (χ4v) is 2.34. The second-order valence-electron chi connectivity index (χ2n) is 4.33. The molecule has 17 heavy (non-hydrogen) atoms. The molecule has 2 heteroatoms. The molecule has 0 bridgehead atoms. The van der Waals surface area contributed by atoms with Crippen LogP contribution in [0.1, 0.15) is 27.4 Å². The molecule has 1 aliphatic rings. The first-order valence-corrected chi connectivity index (χ1v) is 5.63. The quantitative estimate of drug-likeness (QED) is 0.718. The van der Waals surface area contributed by atoms with Crippen LogP contribution >= 0.6 is 0 Å². The van der Waals surface area contributed by atoms with Crippen LogP contribution in [0.5, 0.6) is 0 Å². The van der Waals surface area contributed by atoms with E-state index in [2.05, 4.69) is 0 Å². The van der Waals surface area contributed by atoms with Crippen molar-refractivity contribution in [3.05, 3.63) is 71.0 Å². The van der Waals surface area contributed by atoms with E-state index < -0.39 is 0 Å². The van der Waals surface area contributed by atoms with E-state index in [1.54, 1.807) is 12.1 Å². The highest BCUT2D eigenvalue weighted by Crippen LogP contribution is 2.37. The lowest BCUT2D eigenvalue weighted by molar-refractivity contribution is 0.0948. The Morgan fingerprint density at radius 2 is 1.94 bits per heavy atom. The normalized spacial score (nSPS) is 17.1. The van der Waals surface area contributed by atoms with Crippen LogP contribution in [-0.4, -0.2) is 5.78 Å². The first kappa shape index (κ1) is 10.2. The van der Waals surface area contributed by atoms with Gasteiger partial charge in [-0.15, -0.1) is 0 Å². The molecule has 1 unspecified atom stereocenters. The molecular formula is C15H11FO. The number of benzene rings is 2. The Balaban J connectivity index is 1.91. The van der Waals surface area contributed by atoms with Crippen LogP contribution in [0.2, 0.25) is 0 Å². The second-order valence-corrected chi connectivity index (χ2v) is 4.33. The van der Waals surface area contributed by atoms with E-state index in [1.165, 1.54) is 17.7 Å². The number of halogens is 1. The van der Waals surface area contributed by atoms with Crippen molar-refractivity contribution in [3.63, 3.8) is 0 Å². The molecule has 0 amide bonds. The summed E-state index contributed by atoms with van der Waals surface area (Å²) in [5.41, 5.74) is 2.77. The van der Waals surface area contributed by atoms with Crippen LogP contribution in [0.15, 0.2) is 48.5 Å². The van der Waals surface area contributed by atoms with Gasteiger partial charge in [0.05, 0.1) is 5.92 Å². The zero-order valence-corrected chi connectivity index (χ0v) is 9.19. The summed E-state index contributed by atoms with van der Waals surface area (Å²) in [7, 11) is 0. The summed E-state index contributed by atoms with van der Waals surface area (Å²) in [5, 5.41) is 0. The van der Waals surface area contributed by atoms with Crippen molar-refractivity contribution < 1.29 is 9.18 Å². The van der Waals surface area contributed by atoms with Gasteiger partial charge < -0.3 is 0 Å². The lowest BCUT2D eigenvalue weighted by Gasteiger charge is -2.28. The van der Waals surface area contributed by atoms with E-state index in [4.69, 9.17) is 0 Å². The summed E-state index contributed by atoms with van der Waals surface area (Å²) in [6.07, 6.45) is 0.769. The summed E-state index contributed by atoms with van der Waals surface area (Å²) in [4.78, 5) is 12.2. The van der Waals surface area contributed by atoms with Crippen LogP contribution in [-0.2, 0) is 6.42 Å². The first-order chi connectivity index (χ1) is 8.25. The molecule has 0 aliphatic heterocycles. The van der Waals surface area contributed by atoms with Crippen LogP contribution in [0.4, 0.5) is 4.39 Å². The van der Waals surface area contributed by atoms with Crippen molar-refractivity contribution >= 4 is 5.78 Å². The van der Waals surface area contributed by atoms with Crippen LogP contribution < -0.4 is 0 Å². The standard InChI is InChI=1S/C15H11FO/c16-12-6-3-5-11(8-12)15(17)14-9-10-4-1-2-7-13(10)14/h1-8,14H,9H2. The van der Waals surface area contributed by atoms with Gasteiger partial charge in [-0.25, -0.2) is 4.39 Å². The monoisotopic (exact) mass is 226 g/mol. The average Bonchev–Trinajstić information content (AvgIpc) is 2.30. The molecule has 0 saturated heterocycles. The average molecular weight is 226 g/mol. The van der Waals surface area contributed by atoms with E-state index in [0.29, 0.717) is 5.56 Å². The molecule has 84 valence electrons. The summed E-state index contributed by atoms with van der Waals surface area (Å²) >= 11 is 0. The highest BCUT2D eigenvalue weighted by Gasteiger charge is 2.32. The third-order valence-electron chi connectivity index (χ3n) is 3.28. The molecule has 0 heterocycles. The van der Waals surface area contributed by atoms with Crippen molar-refractivity contribution in [2.75, 3.05) is 0 Å². The Kier molecular flexibility index (Phi) is 2.29. The molecule has 2 aromatic rings. The summed E-state index contributed by atoms with van der Waals surface area (Å²) in [6.45, 7) is 0. The maximum atomic E-state index is 13.1. The SMILES string of the molecule is O=C(c1cccc(F)c1)C1Cc2ccccc21. The Morgan fingerprint density at radius 1 is 1.12 bits per heavy atom. The summed E-state index contributed by atoms with van der Waals surface area (Å²) < 4.78 is 13.1. The van der Waals surface area contributed by atoms with E-state index in [1.807, 2.05) is 24.3 Å². The summed E-state index contributed by atoms with van der Waals surface area (Å²) in [5.74, 6) is -0.431. The molecule has 0 aromatic heterocycles. The van der Waals surface area contributed by atoms with Gasteiger partial charge in [0.15, 0.2) is 5.78 Å². The number of hydrogen-bond acceptors (Lipinski definition) is 1. The molecule has 0 radical (unpaired) electrons. The molecule has 0 fully saturated rings. The molecule has 0 N–H and O–H groups in total. The minimum Gasteiger partial charge on any atom is -0.293 e. The third-order valence-corrected chi connectivity index (χ3v) is 3.28. The summed E-state index contributed by atoms with van der Waals surface area (Å²) in [6, 6.07) is 13.8. The van der Waals surface area contributed by atoms with Gasteiger partial charge in [-0.2, -0.15) is 0 Å². The zero-order valence-electron chi connectivity index (χ0n) is 9.19. The molecule has 2 aromatic carbocycles. The van der Waals surface area contributed by atoms with E-state index in [9.17, 15) is 9.18 Å². The molecule has 1 atom stereocenters. The smallest absolute Gasteiger partial charge is 0.170 e. The Bertz CT molecular complexity index is 589. The van der Waals surface area contributed by atoms with Gasteiger partial charge in [-0.05, 0) is 29.7 Å². The lowest BCUT2D eigenvalue weighted by Crippen LogP contribution is -2.25. The predicted octanol–water partition coefficient (Wildman–Crippen LogP) is 3.35. The topological polar surface area (TPSA) is 17.1 Å². The number of hydrogen-bond donors (Lipinski definition) is 0. The zero-order chi connectivity index (χ0) is 11.8. The minimum atomic E-state index is -0.358. The Hall–Kier alpha value is -1.96. The molecule has 1 aliphatic carbocycles. The van der Waals surface area contributed by atoms with Gasteiger partial charge in [-0.3, -0.25) is 4.79 Å². The van der Waals surface area contributed by atoms with Crippen LogP contribution in [0.25, 0.3) is 0 Å². The number of Topliss-reactive ketones (excluding diaryl/α,β-unsaturated/α-hetero) is 1. The number of carbonyl (C=O) groups is 1. The minimum absolute atomic E-state index is 0.0169. The lowest BCUT2D eigenvalue weighted by atomic mass is 9.74. The van der Waals surface area contributed by atoms with E-state index >= 15 is 0 Å². The molecule has 1 nitrogen and oxygen atoms in total. The predicted molar refractivity (Wildman–Crippen MR) is 63.6 cm³/mol. The maximum Gasteiger partial charge on any atom is 0.170 e. The third kappa shape index (κ3) is 1.66. The highest BCUT2D eigenvalue weighted by atomic mass is 19.1. The van der Waals surface area contributed by atoms with E-state index in [-0.39, 0.29) is 17.5 Å². The van der Waals surface area contributed by atoms with Gasteiger partial charge >= 0.3 is 0 Å². The van der Waals surface area contributed by atoms with Crippen molar-refractivity contribution in [1.82, 2.24) is 0 Å². The second kappa shape index (κ2) is 3.81. The highest BCUT2D eigenvalue weighted by molar-refractivity contribution is 6.02.